The minimum Gasteiger partial charge on any atom is -0.369 e. The van der Waals surface area contributed by atoms with E-state index < -0.39 is 0 Å². The molecule has 2 N–H and O–H groups in total. The van der Waals surface area contributed by atoms with Gasteiger partial charge in [-0.25, -0.2) is 9.67 Å². The number of primary amides is 1. The molecule has 13 heavy (non-hydrogen) atoms. The summed E-state index contributed by atoms with van der Waals surface area (Å²) in [6.07, 6.45) is 1.60. The SMILES string of the molecule is Cc1nc2n(n1)CC(C(N)=O)CC2. The minimum absolute atomic E-state index is 0.0754. The fourth-order valence-corrected chi connectivity index (χ4v) is 1.67. The van der Waals surface area contributed by atoms with Crippen molar-refractivity contribution in [2.45, 2.75) is 26.3 Å². The van der Waals surface area contributed by atoms with Crippen molar-refractivity contribution in [3.8, 4) is 0 Å². The van der Waals surface area contributed by atoms with Gasteiger partial charge in [-0.3, -0.25) is 4.79 Å². The average Bonchev–Trinajstić information content (AvgIpc) is 2.42. The zero-order valence-corrected chi connectivity index (χ0v) is 7.53. The zero-order chi connectivity index (χ0) is 9.42. The summed E-state index contributed by atoms with van der Waals surface area (Å²) >= 11 is 0. The molecular formula is C8H12N4O. The molecule has 5 heteroatoms. The number of carbonyl (C=O) groups is 1. The second-order valence-corrected chi connectivity index (χ2v) is 3.40. The monoisotopic (exact) mass is 180 g/mol. The Hall–Kier alpha value is -1.39. The molecule has 1 aliphatic rings. The van der Waals surface area contributed by atoms with Gasteiger partial charge in [-0.1, -0.05) is 0 Å². The van der Waals surface area contributed by atoms with Gasteiger partial charge in [-0.15, -0.1) is 0 Å². The summed E-state index contributed by atoms with van der Waals surface area (Å²) < 4.78 is 1.79. The van der Waals surface area contributed by atoms with Crippen LogP contribution in [-0.4, -0.2) is 20.7 Å². The highest BCUT2D eigenvalue weighted by molar-refractivity contribution is 5.76. The summed E-state index contributed by atoms with van der Waals surface area (Å²) in [6.45, 7) is 2.44. The van der Waals surface area contributed by atoms with Crippen molar-refractivity contribution >= 4 is 5.91 Å². The highest BCUT2D eigenvalue weighted by atomic mass is 16.1. The Morgan fingerprint density at radius 3 is 3.15 bits per heavy atom. The molecule has 70 valence electrons. The summed E-state index contributed by atoms with van der Waals surface area (Å²) in [4.78, 5) is 15.2. The zero-order valence-electron chi connectivity index (χ0n) is 7.53. The molecule has 1 aliphatic heterocycles. The van der Waals surface area contributed by atoms with Crippen LogP contribution in [0.3, 0.4) is 0 Å². The van der Waals surface area contributed by atoms with E-state index in [0.717, 1.165) is 24.5 Å². The first kappa shape index (κ1) is 8.22. The van der Waals surface area contributed by atoms with Crippen LogP contribution in [0.15, 0.2) is 0 Å². The van der Waals surface area contributed by atoms with Gasteiger partial charge in [-0.05, 0) is 13.3 Å². The number of amides is 1. The first-order chi connectivity index (χ1) is 6.16. The van der Waals surface area contributed by atoms with Crippen LogP contribution in [0.1, 0.15) is 18.1 Å². The Bertz CT molecular complexity index is 344. The van der Waals surface area contributed by atoms with Gasteiger partial charge in [0.1, 0.15) is 11.6 Å². The summed E-state index contributed by atoms with van der Waals surface area (Å²) in [7, 11) is 0. The summed E-state index contributed by atoms with van der Waals surface area (Å²) in [5.74, 6) is 1.42. The van der Waals surface area contributed by atoms with E-state index in [1.807, 2.05) is 6.92 Å². The quantitative estimate of drug-likeness (QED) is 0.641. The number of aryl methyl sites for hydroxylation is 2. The Balaban J connectivity index is 2.24. The second-order valence-electron chi connectivity index (χ2n) is 3.40. The minimum atomic E-state index is -0.237. The van der Waals surface area contributed by atoms with Gasteiger partial charge < -0.3 is 5.73 Å². The van der Waals surface area contributed by atoms with E-state index in [1.165, 1.54) is 0 Å². The number of nitrogens with zero attached hydrogens (tertiary/aromatic N) is 3. The van der Waals surface area contributed by atoms with E-state index in [-0.39, 0.29) is 11.8 Å². The van der Waals surface area contributed by atoms with Crippen LogP contribution in [0.2, 0.25) is 0 Å². The number of hydrogen-bond acceptors (Lipinski definition) is 3. The Morgan fingerprint density at radius 2 is 2.46 bits per heavy atom. The molecule has 0 saturated heterocycles. The van der Waals surface area contributed by atoms with Crippen molar-refractivity contribution < 1.29 is 4.79 Å². The largest absolute Gasteiger partial charge is 0.369 e. The number of aromatic nitrogens is 3. The smallest absolute Gasteiger partial charge is 0.222 e. The van der Waals surface area contributed by atoms with Crippen LogP contribution in [0.25, 0.3) is 0 Å². The number of nitrogens with two attached hydrogens (primary N) is 1. The van der Waals surface area contributed by atoms with Crippen molar-refractivity contribution in [3.05, 3.63) is 11.6 Å². The number of carbonyl (C=O) groups excluding carboxylic acids is 1. The number of rotatable bonds is 1. The van der Waals surface area contributed by atoms with E-state index in [1.54, 1.807) is 4.68 Å². The van der Waals surface area contributed by atoms with Crippen molar-refractivity contribution in [1.29, 1.82) is 0 Å². The molecule has 0 saturated carbocycles. The number of hydrogen-bond donors (Lipinski definition) is 1. The van der Waals surface area contributed by atoms with E-state index >= 15 is 0 Å². The van der Waals surface area contributed by atoms with Crippen molar-refractivity contribution in [3.63, 3.8) is 0 Å². The molecular weight excluding hydrogens is 168 g/mol. The van der Waals surface area contributed by atoms with Crippen LogP contribution in [-0.2, 0) is 17.8 Å². The lowest BCUT2D eigenvalue weighted by Gasteiger charge is -2.19. The van der Waals surface area contributed by atoms with Gasteiger partial charge >= 0.3 is 0 Å². The van der Waals surface area contributed by atoms with E-state index in [0.29, 0.717) is 6.54 Å². The second kappa shape index (κ2) is 2.83. The molecule has 0 radical (unpaired) electrons. The predicted octanol–water partition coefficient (Wildman–Crippen LogP) is -0.366. The number of fused-ring (bicyclic) bond motifs is 1. The fourth-order valence-electron chi connectivity index (χ4n) is 1.67. The molecule has 5 nitrogen and oxygen atoms in total. The molecule has 1 atom stereocenters. The lowest BCUT2D eigenvalue weighted by Crippen LogP contribution is -2.32. The normalized spacial score (nSPS) is 21.2. The van der Waals surface area contributed by atoms with Crippen LogP contribution in [0.4, 0.5) is 0 Å². The van der Waals surface area contributed by atoms with Crippen molar-refractivity contribution in [2.75, 3.05) is 0 Å². The maximum atomic E-state index is 10.9. The maximum Gasteiger partial charge on any atom is 0.222 e. The first-order valence-corrected chi connectivity index (χ1v) is 4.36. The maximum absolute atomic E-state index is 10.9. The predicted molar refractivity (Wildman–Crippen MR) is 45.8 cm³/mol. The average molecular weight is 180 g/mol. The van der Waals surface area contributed by atoms with Gasteiger partial charge in [-0.2, -0.15) is 5.10 Å². The molecule has 0 fully saturated rings. The van der Waals surface area contributed by atoms with E-state index in [2.05, 4.69) is 10.1 Å². The molecule has 1 aromatic heterocycles. The molecule has 2 heterocycles. The van der Waals surface area contributed by atoms with Gasteiger partial charge in [0.05, 0.1) is 12.5 Å². The van der Waals surface area contributed by atoms with E-state index in [9.17, 15) is 4.79 Å². The highest BCUT2D eigenvalue weighted by Gasteiger charge is 2.24. The third-order valence-electron chi connectivity index (χ3n) is 2.37. The Kier molecular flexibility index (Phi) is 1.79. The van der Waals surface area contributed by atoms with Crippen LogP contribution in [0, 0.1) is 12.8 Å². The standard InChI is InChI=1S/C8H12N4O/c1-5-10-7-3-2-6(8(9)13)4-12(7)11-5/h6H,2-4H2,1H3,(H2,9,13). The molecule has 1 aromatic rings. The molecule has 1 amide bonds. The van der Waals surface area contributed by atoms with Gasteiger partial charge in [0.15, 0.2) is 0 Å². The third kappa shape index (κ3) is 1.41. The van der Waals surface area contributed by atoms with Crippen LogP contribution >= 0.6 is 0 Å². The molecule has 0 aromatic carbocycles. The van der Waals surface area contributed by atoms with Crippen molar-refractivity contribution in [1.82, 2.24) is 14.8 Å². The summed E-state index contributed by atoms with van der Waals surface area (Å²) in [6, 6.07) is 0. The van der Waals surface area contributed by atoms with Gasteiger partial charge in [0, 0.05) is 6.42 Å². The lowest BCUT2D eigenvalue weighted by atomic mass is 9.99. The van der Waals surface area contributed by atoms with Crippen molar-refractivity contribution in [2.24, 2.45) is 11.7 Å². The summed E-state index contributed by atoms with van der Waals surface area (Å²) in [5, 5.41) is 4.18. The fraction of sp³-hybridized carbons (Fsp3) is 0.625. The molecule has 1 unspecified atom stereocenters. The van der Waals surface area contributed by atoms with Gasteiger partial charge in [0.2, 0.25) is 5.91 Å². The van der Waals surface area contributed by atoms with Gasteiger partial charge in [0.25, 0.3) is 0 Å². The Labute approximate surface area is 75.9 Å². The molecule has 2 rings (SSSR count). The van der Waals surface area contributed by atoms with Crippen LogP contribution in [0.5, 0.6) is 0 Å². The lowest BCUT2D eigenvalue weighted by molar-refractivity contribution is -0.122. The first-order valence-electron chi connectivity index (χ1n) is 4.36. The molecule has 0 aliphatic carbocycles. The van der Waals surface area contributed by atoms with Crippen LogP contribution < -0.4 is 5.73 Å². The molecule has 0 bridgehead atoms. The molecule has 0 spiro atoms. The Morgan fingerprint density at radius 1 is 1.69 bits per heavy atom. The summed E-state index contributed by atoms with van der Waals surface area (Å²) in [5.41, 5.74) is 5.23. The highest BCUT2D eigenvalue weighted by Crippen LogP contribution is 2.17. The third-order valence-corrected chi connectivity index (χ3v) is 2.37. The topological polar surface area (TPSA) is 73.8 Å². The van der Waals surface area contributed by atoms with E-state index in [4.69, 9.17) is 5.73 Å².